The van der Waals surface area contributed by atoms with Crippen LogP contribution >= 0.6 is 0 Å². The third-order valence-electron chi connectivity index (χ3n) is 4.80. The first kappa shape index (κ1) is 22.4. The number of hydrogen-bond donors (Lipinski definition) is 1. The van der Waals surface area contributed by atoms with Crippen molar-refractivity contribution in [3.05, 3.63) is 92.8 Å². The van der Waals surface area contributed by atoms with Crippen LogP contribution in [-0.2, 0) is 4.74 Å². The van der Waals surface area contributed by atoms with Crippen molar-refractivity contribution in [2.45, 2.75) is 20.8 Å². The third kappa shape index (κ3) is 4.89. The van der Waals surface area contributed by atoms with Crippen LogP contribution in [0.5, 0.6) is 0 Å². The average Bonchev–Trinajstić information content (AvgIpc) is 3.07. The normalized spacial score (nSPS) is 10.8. The Morgan fingerprint density at radius 3 is 2.50 bits per heavy atom. The van der Waals surface area contributed by atoms with Gasteiger partial charge in [0.2, 0.25) is 0 Å². The number of ether oxygens (including phenoxy) is 1. The summed E-state index contributed by atoms with van der Waals surface area (Å²) >= 11 is 0. The molecule has 1 amide bonds. The van der Waals surface area contributed by atoms with E-state index in [1.807, 2.05) is 30.5 Å². The molecular formula is C23H22N4O5. The molecule has 9 nitrogen and oxygen atoms in total. The molecule has 0 aliphatic rings. The summed E-state index contributed by atoms with van der Waals surface area (Å²) in [5.74, 6) is -0.861. The molecule has 1 heterocycles. The number of hydrazone groups is 1. The van der Waals surface area contributed by atoms with Gasteiger partial charge in [-0.15, -0.1) is 0 Å². The molecule has 0 aliphatic carbocycles. The molecule has 32 heavy (non-hydrogen) atoms. The Balaban J connectivity index is 1.77. The molecule has 0 aliphatic heterocycles. The summed E-state index contributed by atoms with van der Waals surface area (Å²) in [5.41, 5.74) is 6.43. The molecule has 0 atom stereocenters. The lowest BCUT2D eigenvalue weighted by molar-refractivity contribution is -0.384. The largest absolute Gasteiger partial charge is 0.462 e. The first-order valence-electron chi connectivity index (χ1n) is 9.86. The number of nitro groups is 1. The van der Waals surface area contributed by atoms with E-state index in [4.69, 9.17) is 4.74 Å². The Morgan fingerprint density at radius 2 is 1.84 bits per heavy atom. The van der Waals surface area contributed by atoms with Gasteiger partial charge in [-0.25, -0.2) is 10.2 Å². The molecule has 1 aromatic heterocycles. The van der Waals surface area contributed by atoms with E-state index in [2.05, 4.69) is 10.5 Å². The fourth-order valence-electron chi connectivity index (χ4n) is 3.26. The number of aromatic nitrogens is 1. The Hall–Kier alpha value is -4.27. The van der Waals surface area contributed by atoms with Gasteiger partial charge < -0.3 is 9.30 Å². The van der Waals surface area contributed by atoms with Crippen molar-refractivity contribution in [3.63, 3.8) is 0 Å². The highest BCUT2D eigenvalue weighted by Gasteiger charge is 2.13. The summed E-state index contributed by atoms with van der Waals surface area (Å²) in [5, 5.41) is 14.7. The lowest BCUT2D eigenvalue weighted by Crippen LogP contribution is -2.17. The number of amides is 1. The van der Waals surface area contributed by atoms with E-state index in [0.717, 1.165) is 22.6 Å². The number of nitrogens with one attached hydrogen (secondary N) is 1. The predicted molar refractivity (Wildman–Crippen MR) is 119 cm³/mol. The zero-order valence-electron chi connectivity index (χ0n) is 17.9. The van der Waals surface area contributed by atoms with Gasteiger partial charge in [-0.3, -0.25) is 14.9 Å². The van der Waals surface area contributed by atoms with Crippen LogP contribution in [0, 0.1) is 24.0 Å². The van der Waals surface area contributed by atoms with Gasteiger partial charge in [-0.05, 0) is 57.2 Å². The fourth-order valence-corrected chi connectivity index (χ4v) is 3.26. The zero-order chi connectivity index (χ0) is 23.3. The van der Waals surface area contributed by atoms with Gasteiger partial charge in [0.15, 0.2) is 0 Å². The van der Waals surface area contributed by atoms with Crippen LogP contribution in [-0.4, -0.2) is 34.2 Å². The van der Waals surface area contributed by atoms with Crippen molar-refractivity contribution in [3.8, 4) is 5.69 Å². The topological polar surface area (TPSA) is 116 Å². The first-order valence-corrected chi connectivity index (χ1v) is 9.86. The van der Waals surface area contributed by atoms with Crippen LogP contribution in [0.2, 0.25) is 0 Å². The highest BCUT2D eigenvalue weighted by atomic mass is 16.6. The number of carbonyl (C=O) groups is 2. The minimum Gasteiger partial charge on any atom is -0.462 e. The Labute approximate surface area is 184 Å². The van der Waals surface area contributed by atoms with E-state index in [1.165, 1.54) is 30.5 Å². The van der Waals surface area contributed by atoms with E-state index < -0.39 is 10.8 Å². The molecular weight excluding hydrogens is 412 g/mol. The van der Waals surface area contributed by atoms with Crippen molar-refractivity contribution in [1.82, 2.24) is 9.99 Å². The number of rotatable bonds is 7. The molecule has 0 radical (unpaired) electrons. The van der Waals surface area contributed by atoms with E-state index in [-0.39, 0.29) is 17.2 Å². The number of non-ortho nitro benzene ring substituents is 1. The van der Waals surface area contributed by atoms with Crippen LogP contribution in [0.4, 0.5) is 5.69 Å². The highest BCUT2D eigenvalue weighted by Crippen LogP contribution is 2.21. The standard InChI is InChI=1S/C23H22N4O5/c1-4-32-23(29)18-6-5-7-21(13-18)26-15(2)12-19(16(26)3)14-24-25-22(28)17-8-10-20(11-9-17)27(30)31/h5-14H,4H2,1-3H3,(H,25,28)/b24-14-. The number of hydrogen-bond acceptors (Lipinski definition) is 6. The maximum absolute atomic E-state index is 12.2. The summed E-state index contributed by atoms with van der Waals surface area (Å²) in [7, 11) is 0. The molecule has 164 valence electrons. The molecule has 9 heteroatoms. The molecule has 0 saturated carbocycles. The van der Waals surface area contributed by atoms with E-state index in [1.54, 1.807) is 25.1 Å². The Bertz CT molecular complexity index is 1200. The number of nitrogens with zero attached hydrogens (tertiary/aromatic N) is 3. The SMILES string of the molecule is CCOC(=O)c1cccc(-n2c(C)cc(/C=N\NC(=O)c3ccc([N+](=O)[O-])cc3)c2C)c1. The predicted octanol–water partition coefficient (Wildman–Crippen LogP) is 3.94. The van der Waals surface area contributed by atoms with Crippen LogP contribution < -0.4 is 5.43 Å². The quantitative estimate of drug-likeness (QED) is 0.262. The van der Waals surface area contributed by atoms with Crippen LogP contribution in [0.1, 0.15) is 44.6 Å². The molecule has 0 bridgehead atoms. The molecule has 1 N–H and O–H groups in total. The zero-order valence-corrected chi connectivity index (χ0v) is 17.9. The number of esters is 1. The number of benzene rings is 2. The highest BCUT2D eigenvalue weighted by molar-refractivity contribution is 5.95. The van der Waals surface area contributed by atoms with Crippen molar-refractivity contribution in [2.75, 3.05) is 6.61 Å². The van der Waals surface area contributed by atoms with Crippen molar-refractivity contribution < 1.29 is 19.2 Å². The van der Waals surface area contributed by atoms with Crippen LogP contribution in [0.25, 0.3) is 5.69 Å². The summed E-state index contributed by atoms with van der Waals surface area (Å²) in [4.78, 5) is 34.4. The fraction of sp³-hybridized carbons (Fsp3) is 0.174. The second-order valence-corrected chi connectivity index (χ2v) is 6.94. The monoisotopic (exact) mass is 434 g/mol. The third-order valence-corrected chi connectivity index (χ3v) is 4.80. The van der Waals surface area contributed by atoms with Gasteiger partial charge in [-0.2, -0.15) is 5.10 Å². The van der Waals surface area contributed by atoms with Crippen LogP contribution in [0.3, 0.4) is 0 Å². The summed E-state index contributed by atoms with van der Waals surface area (Å²) in [6, 6.07) is 14.3. The van der Waals surface area contributed by atoms with Gasteiger partial charge in [-0.1, -0.05) is 6.07 Å². The van der Waals surface area contributed by atoms with E-state index in [0.29, 0.717) is 12.2 Å². The minimum absolute atomic E-state index is 0.0930. The van der Waals surface area contributed by atoms with Crippen molar-refractivity contribution in [2.24, 2.45) is 5.10 Å². The maximum atomic E-state index is 12.2. The maximum Gasteiger partial charge on any atom is 0.338 e. The minimum atomic E-state index is -0.530. The summed E-state index contributed by atoms with van der Waals surface area (Å²) < 4.78 is 7.05. The molecule has 2 aromatic carbocycles. The molecule has 3 rings (SSSR count). The molecule has 0 fully saturated rings. The van der Waals surface area contributed by atoms with E-state index in [9.17, 15) is 19.7 Å². The van der Waals surface area contributed by atoms with Crippen molar-refractivity contribution in [1.29, 1.82) is 0 Å². The second-order valence-electron chi connectivity index (χ2n) is 6.94. The molecule has 0 spiro atoms. The van der Waals surface area contributed by atoms with Gasteiger partial charge in [0, 0.05) is 40.3 Å². The van der Waals surface area contributed by atoms with E-state index >= 15 is 0 Å². The summed E-state index contributed by atoms with van der Waals surface area (Å²) in [6.07, 6.45) is 1.53. The Kier molecular flexibility index (Phi) is 6.79. The lowest BCUT2D eigenvalue weighted by atomic mass is 10.2. The molecule has 0 saturated heterocycles. The molecule has 3 aromatic rings. The smallest absolute Gasteiger partial charge is 0.338 e. The number of nitro benzene ring substituents is 1. The van der Waals surface area contributed by atoms with Gasteiger partial charge in [0.05, 0.1) is 23.3 Å². The summed E-state index contributed by atoms with van der Waals surface area (Å²) in [6.45, 7) is 5.89. The van der Waals surface area contributed by atoms with Crippen molar-refractivity contribution >= 4 is 23.8 Å². The number of aryl methyl sites for hydroxylation is 1. The molecule has 0 unspecified atom stereocenters. The van der Waals surface area contributed by atoms with Gasteiger partial charge in [0.1, 0.15) is 0 Å². The second kappa shape index (κ2) is 9.69. The van der Waals surface area contributed by atoms with Crippen LogP contribution in [0.15, 0.2) is 59.7 Å². The lowest BCUT2D eigenvalue weighted by Gasteiger charge is -2.11. The van der Waals surface area contributed by atoms with Gasteiger partial charge in [0.25, 0.3) is 11.6 Å². The Morgan fingerprint density at radius 1 is 1.12 bits per heavy atom. The number of carbonyl (C=O) groups excluding carboxylic acids is 2. The first-order chi connectivity index (χ1) is 15.3. The van der Waals surface area contributed by atoms with Gasteiger partial charge >= 0.3 is 5.97 Å². The average molecular weight is 434 g/mol.